The molecule has 1 saturated heterocycles. The quantitative estimate of drug-likeness (QED) is 0.484. The van der Waals surface area contributed by atoms with Crippen molar-refractivity contribution < 1.29 is 4.92 Å². The molecule has 21 heavy (non-hydrogen) atoms. The van der Waals surface area contributed by atoms with Gasteiger partial charge in [0.1, 0.15) is 14.4 Å². The van der Waals surface area contributed by atoms with E-state index in [-0.39, 0.29) is 15.1 Å². The minimum absolute atomic E-state index is 0.0666. The number of benzene rings is 1. The van der Waals surface area contributed by atoms with E-state index >= 15 is 0 Å². The van der Waals surface area contributed by atoms with Gasteiger partial charge in [0.15, 0.2) is 0 Å². The number of halogens is 2. The number of hydrogen-bond donors (Lipinski definition) is 1. The van der Waals surface area contributed by atoms with Crippen LogP contribution in [0.25, 0.3) is 0 Å². The second-order valence-electron chi connectivity index (χ2n) is 4.21. The maximum absolute atomic E-state index is 11.4. The normalized spacial score (nSPS) is 16.3. The van der Waals surface area contributed by atoms with Crippen molar-refractivity contribution in [3.05, 3.63) is 60.1 Å². The standard InChI is InChI=1S/C13H12Cl2N2O2S2/c1-8-2-4-9(5-3-8)21-11(12(14)15)10(17(18)19)13-16-6-7-20-13/h2-5,16H,6-7H2,1H3/b13-10+. The number of nitrogens with one attached hydrogen (secondary N) is 1. The summed E-state index contributed by atoms with van der Waals surface area (Å²) in [4.78, 5) is 12.1. The van der Waals surface area contributed by atoms with Crippen LogP contribution in [0.15, 0.2) is 49.3 Å². The van der Waals surface area contributed by atoms with E-state index in [1.54, 1.807) is 0 Å². The Morgan fingerprint density at radius 3 is 2.52 bits per heavy atom. The second-order valence-corrected chi connectivity index (χ2v) is 7.35. The molecule has 1 fully saturated rings. The van der Waals surface area contributed by atoms with E-state index in [1.165, 1.54) is 23.5 Å². The largest absolute Gasteiger partial charge is 0.373 e. The Kier molecular flexibility index (Phi) is 5.87. The zero-order valence-electron chi connectivity index (χ0n) is 11.1. The minimum atomic E-state index is -0.443. The minimum Gasteiger partial charge on any atom is -0.373 e. The highest BCUT2D eigenvalue weighted by Gasteiger charge is 2.29. The van der Waals surface area contributed by atoms with Crippen molar-refractivity contribution in [2.75, 3.05) is 12.3 Å². The highest BCUT2D eigenvalue weighted by atomic mass is 35.5. The molecule has 4 nitrogen and oxygen atoms in total. The number of thioether (sulfide) groups is 2. The third-order valence-corrected chi connectivity index (χ3v) is 5.41. The number of rotatable bonds is 4. The Labute approximate surface area is 141 Å². The molecule has 0 saturated carbocycles. The van der Waals surface area contributed by atoms with E-state index in [9.17, 15) is 10.1 Å². The van der Waals surface area contributed by atoms with Gasteiger partial charge in [-0.2, -0.15) is 0 Å². The van der Waals surface area contributed by atoms with Crippen LogP contribution in [0, 0.1) is 17.0 Å². The van der Waals surface area contributed by atoms with E-state index in [0.717, 1.165) is 16.2 Å². The summed E-state index contributed by atoms with van der Waals surface area (Å²) in [5, 5.41) is 14.9. The van der Waals surface area contributed by atoms with Gasteiger partial charge in [-0.3, -0.25) is 10.1 Å². The third-order valence-electron chi connectivity index (χ3n) is 2.66. The summed E-state index contributed by atoms with van der Waals surface area (Å²) in [5.74, 6) is 0.787. The van der Waals surface area contributed by atoms with E-state index < -0.39 is 4.92 Å². The van der Waals surface area contributed by atoms with E-state index in [2.05, 4.69) is 5.32 Å². The van der Waals surface area contributed by atoms with Gasteiger partial charge in [-0.25, -0.2) is 0 Å². The van der Waals surface area contributed by atoms with Crippen LogP contribution in [0.3, 0.4) is 0 Å². The van der Waals surface area contributed by atoms with Gasteiger partial charge in [0.2, 0.25) is 0 Å². The molecule has 1 aliphatic rings. The summed E-state index contributed by atoms with van der Waals surface area (Å²) >= 11 is 14.4. The van der Waals surface area contributed by atoms with Crippen LogP contribution in [-0.2, 0) is 0 Å². The molecule has 1 N–H and O–H groups in total. The Balaban J connectivity index is 2.38. The molecule has 2 rings (SSSR count). The topological polar surface area (TPSA) is 55.2 Å². The first-order valence-corrected chi connectivity index (χ1v) is 8.60. The van der Waals surface area contributed by atoms with Crippen LogP contribution in [0.4, 0.5) is 0 Å². The fraction of sp³-hybridized carbons (Fsp3) is 0.231. The van der Waals surface area contributed by atoms with Gasteiger partial charge in [-0.1, -0.05) is 64.4 Å². The monoisotopic (exact) mass is 362 g/mol. The average molecular weight is 363 g/mol. The maximum Gasteiger partial charge on any atom is 0.315 e. The summed E-state index contributed by atoms with van der Waals surface area (Å²) in [6.45, 7) is 2.67. The third kappa shape index (κ3) is 4.32. The zero-order chi connectivity index (χ0) is 15.4. The molecule has 0 amide bonds. The number of nitro groups is 1. The zero-order valence-corrected chi connectivity index (χ0v) is 14.2. The molecule has 1 aromatic carbocycles. The molecule has 112 valence electrons. The van der Waals surface area contributed by atoms with Crippen LogP contribution in [0.1, 0.15) is 5.56 Å². The molecule has 0 aliphatic carbocycles. The molecule has 0 radical (unpaired) electrons. The van der Waals surface area contributed by atoms with Crippen LogP contribution < -0.4 is 5.32 Å². The Hall–Kier alpha value is -0.820. The summed E-state index contributed by atoms with van der Waals surface area (Å²) in [7, 11) is 0. The van der Waals surface area contributed by atoms with Gasteiger partial charge >= 0.3 is 5.70 Å². The first-order valence-electron chi connectivity index (χ1n) is 6.04. The molecule has 0 spiro atoms. The van der Waals surface area contributed by atoms with Crippen molar-refractivity contribution in [2.45, 2.75) is 11.8 Å². The van der Waals surface area contributed by atoms with Gasteiger partial charge in [-0.05, 0) is 19.1 Å². The SMILES string of the molecule is Cc1ccc(SC(=C(Cl)Cl)/C(=C2/NCCS2)[N+](=O)[O-])cc1. The lowest BCUT2D eigenvalue weighted by Gasteiger charge is -2.08. The fourth-order valence-corrected chi connectivity index (χ4v) is 3.95. The summed E-state index contributed by atoms with van der Waals surface area (Å²) in [6, 6.07) is 7.63. The lowest BCUT2D eigenvalue weighted by molar-refractivity contribution is -0.420. The predicted molar refractivity (Wildman–Crippen MR) is 90.2 cm³/mol. The molecule has 1 aliphatic heterocycles. The average Bonchev–Trinajstić information content (AvgIpc) is 2.93. The highest BCUT2D eigenvalue weighted by Crippen LogP contribution is 2.40. The van der Waals surface area contributed by atoms with Gasteiger partial charge in [0.05, 0.1) is 4.92 Å². The van der Waals surface area contributed by atoms with Gasteiger partial charge in [0, 0.05) is 17.2 Å². The summed E-state index contributed by atoms with van der Waals surface area (Å²) in [5.41, 5.74) is 1.05. The molecular weight excluding hydrogens is 351 g/mol. The van der Waals surface area contributed by atoms with Gasteiger partial charge < -0.3 is 5.32 Å². The van der Waals surface area contributed by atoms with Crippen molar-refractivity contribution in [3.8, 4) is 0 Å². The van der Waals surface area contributed by atoms with Crippen molar-refractivity contribution >= 4 is 46.7 Å². The first kappa shape index (κ1) is 16.5. The number of nitrogens with zero attached hydrogens (tertiary/aromatic N) is 1. The lowest BCUT2D eigenvalue weighted by Crippen LogP contribution is -2.12. The molecule has 0 atom stereocenters. The molecule has 0 aromatic heterocycles. The smallest absolute Gasteiger partial charge is 0.315 e. The summed E-state index contributed by atoms with van der Waals surface area (Å²) in [6.07, 6.45) is 0. The first-order chi connectivity index (χ1) is 9.99. The Bertz CT molecular complexity index is 603. The molecule has 1 heterocycles. The van der Waals surface area contributed by atoms with Crippen LogP contribution in [0.5, 0.6) is 0 Å². The van der Waals surface area contributed by atoms with Crippen molar-refractivity contribution in [1.82, 2.24) is 5.32 Å². The Morgan fingerprint density at radius 2 is 2.05 bits per heavy atom. The molecule has 0 unspecified atom stereocenters. The van der Waals surface area contributed by atoms with Gasteiger partial charge in [-0.15, -0.1) is 0 Å². The lowest BCUT2D eigenvalue weighted by atomic mass is 10.2. The van der Waals surface area contributed by atoms with Crippen LogP contribution in [-0.4, -0.2) is 17.2 Å². The summed E-state index contributed by atoms with van der Waals surface area (Å²) < 4.78 is -0.103. The fourth-order valence-electron chi connectivity index (χ4n) is 1.69. The maximum atomic E-state index is 11.4. The van der Waals surface area contributed by atoms with E-state index in [1.807, 2.05) is 31.2 Å². The predicted octanol–water partition coefficient (Wildman–Crippen LogP) is 4.52. The highest BCUT2D eigenvalue weighted by molar-refractivity contribution is 8.04. The van der Waals surface area contributed by atoms with Crippen molar-refractivity contribution in [3.63, 3.8) is 0 Å². The molecule has 0 bridgehead atoms. The van der Waals surface area contributed by atoms with E-state index in [0.29, 0.717) is 11.6 Å². The van der Waals surface area contributed by atoms with Crippen molar-refractivity contribution in [1.29, 1.82) is 0 Å². The number of aryl methyl sites for hydroxylation is 1. The second kappa shape index (κ2) is 7.45. The van der Waals surface area contributed by atoms with Gasteiger partial charge in [0.25, 0.3) is 0 Å². The Morgan fingerprint density at radius 1 is 1.38 bits per heavy atom. The van der Waals surface area contributed by atoms with Crippen molar-refractivity contribution in [2.24, 2.45) is 0 Å². The van der Waals surface area contributed by atoms with Crippen LogP contribution >= 0.6 is 46.7 Å². The van der Waals surface area contributed by atoms with Crippen LogP contribution in [0.2, 0.25) is 0 Å². The molecule has 8 heteroatoms. The molecule has 1 aromatic rings. The number of hydrogen-bond acceptors (Lipinski definition) is 5. The molecular formula is C13H12Cl2N2O2S2. The van der Waals surface area contributed by atoms with E-state index in [4.69, 9.17) is 23.2 Å².